The third kappa shape index (κ3) is 11.4. The van der Waals surface area contributed by atoms with Crippen molar-refractivity contribution in [1.29, 1.82) is 0 Å². The summed E-state index contributed by atoms with van der Waals surface area (Å²) in [6.45, 7) is 0. The molecule has 21 nitrogen and oxygen atoms in total. The summed E-state index contributed by atoms with van der Waals surface area (Å²) in [4.78, 5) is 40.1. The fourth-order valence-corrected chi connectivity index (χ4v) is 12.3. The van der Waals surface area contributed by atoms with Gasteiger partial charge in [-0.25, -0.2) is 15.0 Å². The Morgan fingerprint density at radius 3 is 0.990 bits per heavy atom. The molecule has 0 saturated carbocycles. The molecule has 0 bridgehead atoms. The van der Waals surface area contributed by atoms with Gasteiger partial charge in [-0.2, -0.15) is 29.9 Å². The lowest BCUT2D eigenvalue weighted by atomic mass is 9.92. The highest BCUT2D eigenvalue weighted by Gasteiger charge is 2.25. The predicted octanol–water partition coefficient (Wildman–Crippen LogP) is 15.4. The minimum absolute atomic E-state index is 0.0663. The monoisotopic (exact) mass is 1300 g/mol. The fourth-order valence-electron chi connectivity index (χ4n) is 12.3. The predicted molar refractivity (Wildman–Crippen MR) is 375 cm³/mol. The lowest BCUT2D eigenvalue weighted by Crippen LogP contribution is -2.02. The van der Waals surface area contributed by atoms with Crippen molar-refractivity contribution in [2.75, 3.05) is 42.7 Å². The van der Waals surface area contributed by atoms with Crippen LogP contribution in [-0.2, 0) is 0 Å². The molecule has 0 unspecified atom stereocenters. The summed E-state index contributed by atoms with van der Waals surface area (Å²) in [5.41, 5.74) is 2.60. The Hall–Kier alpha value is -13.4. The van der Waals surface area contributed by atoms with Crippen molar-refractivity contribution in [1.82, 2.24) is 44.9 Å². The zero-order valence-corrected chi connectivity index (χ0v) is 53.2. The quantitative estimate of drug-likeness (QED) is 0.0489. The molecule has 16 aromatic rings. The first-order valence-electron chi connectivity index (χ1n) is 30.4. The SMILES string of the molecule is COc1cc(O)c(-c2nc(OC)nc(-c3c4ccccc4cc4ccccc34)n2)c(O)c1.COc1cc(O)c(-c2nc(OC)nc(-c3cc4ccccc4c4ccccc34)n2)c(O)c1.COc1cc(O)c(-c2nc(OC)nc(-c3ccc4ccc5cccc6ccc3c4c56)n2)c(O)c1. The average molecular weight is 1300 g/mol. The van der Waals surface area contributed by atoms with Crippen LogP contribution in [0.3, 0.4) is 0 Å². The van der Waals surface area contributed by atoms with Gasteiger partial charge in [0.15, 0.2) is 34.9 Å². The number of aromatic hydroxyl groups is 6. The van der Waals surface area contributed by atoms with Crippen LogP contribution in [0.5, 0.6) is 69.8 Å². The molecule has 0 atom stereocenters. The summed E-state index contributed by atoms with van der Waals surface area (Å²) in [5.74, 6) is 0.988. The number of phenols is 6. The molecule has 0 saturated heterocycles. The van der Waals surface area contributed by atoms with Crippen LogP contribution in [0.15, 0.2) is 200 Å². The van der Waals surface area contributed by atoms with Crippen LogP contribution in [0, 0.1) is 0 Å². The van der Waals surface area contributed by atoms with Crippen molar-refractivity contribution in [2.24, 2.45) is 0 Å². The molecule has 0 aliphatic carbocycles. The molecule has 6 N–H and O–H groups in total. The second-order valence-electron chi connectivity index (χ2n) is 22.4. The molecule has 482 valence electrons. The molecule has 0 aliphatic heterocycles. The van der Waals surface area contributed by atoms with Crippen molar-refractivity contribution < 1.29 is 59.1 Å². The molecule has 21 heteroatoms. The highest BCUT2D eigenvalue weighted by atomic mass is 16.5. The molecule has 13 aromatic carbocycles. The normalized spacial score (nSPS) is 11.2. The Kier molecular flexibility index (Phi) is 16.3. The second-order valence-corrected chi connectivity index (χ2v) is 22.4. The topological polar surface area (TPSA) is 293 Å². The van der Waals surface area contributed by atoms with E-state index in [2.05, 4.69) is 106 Å². The Balaban J connectivity index is 0.000000126. The van der Waals surface area contributed by atoms with E-state index in [-0.39, 0.29) is 86.7 Å². The van der Waals surface area contributed by atoms with Crippen molar-refractivity contribution in [3.05, 3.63) is 200 Å². The molecule has 3 heterocycles. The van der Waals surface area contributed by atoms with Crippen molar-refractivity contribution in [3.8, 4) is 138 Å². The summed E-state index contributed by atoms with van der Waals surface area (Å²) >= 11 is 0. The number of nitrogens with zero attached hydrogens (tertiary/aromatic N) is 9. The van der Waals surface area contributed by atoms with Gasteiger partial charge in [0.25, 0.3) is 0 Å². The second kappa shape index (κ2) is 25.8. The van der Waals surface area contributed by atoms with E-state index in [4.69, 9.17) is 28.4 Å². The van der Waals surface area contributed by atoms with E-state index >= 15 is 0 Å². The van der Waals surface area contributed by atoms with Crippen LogP contribution in [0.4, 0.5) is 0 Å². The first-order chi connectivity index (χ1) is 47.7. The van der Waals surface area contributed by atoms with Crippen molar-refractivity contribution in [2.45, 2.75) is 0 Å². The fraction of sp³-hybridized carbons (Fsp3) is 0.0779. The van der Waals surface area contributed by atoms with Crippen LogP contribution < -0.4 is 28.4 Å². The van der Waals surface area contributed by atoms with Gasteiger partial charge in [0.1, 0.15) is 68.4 Å². The third-order valence-electron chi connectivity index (χ3n) is 16.8. The highest BCUT2D eigenvalue weighted by Crippen LogP contribution is 2.46. The van der Waals surface area contributed by atoms with Gasteiger partial charge in [-0.15, -0.1) is 0 Å². The van der Waals surface area contributed by atoms with E-state index in [1.54, 1.807) is 0 Å². The minimum Gasteiger partial charge on any atom is -0.507 e. The van der Waals surface area contributed by atoms with Crippen LogP contribution in [-0.4, -0.2) is 118 Å². The van der Waals surface area contributed by atoms with E-state index in [9.17, 15) is 30.6 Å². The van der Waals surface area contributed by atoms with Gasteiger partial charge in [-0.1, -0.05) is 146 Å². The van der Waals surface area contributed by atoms with Crippen molar-refractivity contribution >= 4 is 75.4 Å². The number of fused-ring (bicyclic) bond motifs is 5. The number of benzene rings is 13. The summed E-state index contributed by atoms with van der Waals surface area (Å²) in [7, 11) is 8.71. The van der Waals surface area contributed by atoms with Crippen LogP contribution in [0.1, 0.15) is 0 Å². The molecule has 0 amide bonds. The van der Waals surface area contributed by atoms with Crippen molar-refractivity contribution in [3.63, 3.8) is 0 Å². The van der Waals surface area contributed by atoms with E-state index in [1.165, 1.54) is 84.4 Å². The molecule has 0 aliphatic rings. The maximum atomic E-state index is 10.6. The first kappa shape index (κ1) is 62.0. The molecule has 0 radical (unpaired) electrons. The maximum absolute atomic E-state index is 10.6. The number of hydrogen-bond donors (Lipinski definition) is 6. The van der Waals surface area contributed by atoms with Gasteiger partial charge in [0, 0.05) is 53.1 Å². The molecule has 16 rings (SSSR count). The Morgan fingerprint density at radius 2 is 0.551 bits per heavy atom. The van der Waals surface area contributed by atoms with Gasteiger partial charge in [0.2, 0.25) is 0 Å². The molecule has 98 heavy (non-hydrogen) atoms. The zero-order chi connectivity index (χ0) is 67.9. The van der Waals surface area contributed by atoms with E-state index in [1.807, 2.05) is 103 Å². The van der Waals surface area contributed by atoms with Crippen LogP contribution in [0.2, 0.25) is 0 Å². The summed E-state index contributed by atoms with van der Waals surface area (Å²) < 4.78 is 31.3. The van der Waals surface area contributed by atoms with E-state index < -0.39 is 0 Å². The largest absolute Gasteiger partial charge is 0.507 e. The molecule has 0 spiro atoms. The van der Waals surface area contributed by atoms with Gasteiger partial charge >= 0.3 is 18.0 Å². The standard InChI is InChI=1S/C27H19N3O4.2C25H19N3O4/c1-33-17-12-20(31)24(21(32)13-17)26-28-25(29-27(30-26)34-2)19-11-9-16-7-6-14-4-3-5-15-8-10-18(19)23(16)22(14)15;1-31-16-12-19(29)22(20(30)13-16)24-26-23(27-25(28-24)32-2)21-17-9-5-3-7-14(17)11-15-8-4-6-10-18(15)21;1-31-15-12-20(29)22(21(30)13-15)24-26-23(27-25(28-24)32-2)19-11-14-7-3-4-8-16(14)17-9-5-6-10-18(17)19/h3-13,31-32H,1-2H3;2*3-13,29-30H,1-2H3. The van der Waals surface area contributed by atoms with Gasteiger partial charge < -0.3 is 59.1 Å². The molecular weight excluding hydrogens is 1240 g/mol. The average Bonchev–Trinajstić information content (AvgIpc) is 0.742. The first-order valence-corrected chi connectivity index (χ1v) is 30.4. The van der Waals surface area contributed by atoms with Crippen LogP contribution in [0.25, 0.3) is 144 Å². The lowest BCUT2D eigenvalue weighted by Gasteiger charge is -2.14. The molecule has 3 aromatic heterocycles. The Morgan fingerprint density at radius 1 is 0.224 bits per heavy atom. The maximum Gasteiger partial charge on any atom is 0.320 e. The Bertz CT molecular complexity index is 5650. The minimum atomic E-state index is -0.219. The number of methoxy groups -OCH3 is 6. The lowest BCUT2D eigenvalue weighted by molar-refractivity contribution is 0.378. The number of aromatic nitrogens is 9. The zero-order valence-electron chi connectivity index (χ0n) is 53.2. The van der Waals surface area contributed by atoms with Gasteiger partial charge in [0.05, 0.1) is 42.7 Å². The molecular formula is C77H57N9O12. The number of ether oxygens (including phenoxy) is 6. The van der Waals surface area contributed by atoms with E-state index in [0.717, 1.165) is 86.7 Å². The summed E-state index contributed by atoms with van der Waals surface area (Å²) in [6.07, 6.45) is 0. The number of phenolic OH excluding ortho intramolecular Hbond substituents is 6. The van der Waals surface area contributed by atoms with Crippen LogP contribution >= 0.6 is 0 Å². The van der Waals surface area contributed by atoms with Gasteiger partial charge in [-0.3, -0.25) is 0 Å². The molecule has 0 fully saturated rings. The third-order valence-corrected chi connectivity index (χ3v) is 16.8. The smallest absolute Gasteiger partial charge is 0.320 e. The number of rotatable bonds is 12. The Labute approximate surface area is 557 Å². The van der Waals surface area contributed by atoms with E-state index in [0.29, 0.717) is 34.7 Å². The summed E-state index contributed by atoms with van der Waals surface area (Å²) in [6, 6.07) is 63.4. The summed E-state index contributed by atoms with van der Waals surface area (Å²) in [5, 5.41) is 78.2. The highest BCUT2D eigenvalue weighted by molar-refractivity contribution is 6.25. The van der Waals surface area contributed by atoms with Gasteiger partial charge in [-0.05, 0) is 93.6 Å². The number of hydrogen-bond acceptors (Lipinski definition) is 21.